The van der Waals surface area contributed by atoms with Crippen LogP contribution in [0.3, 0.4) is 0 Å². The normalized spacial score (nSPS) is 16.2. The summed E-state index contributed by atoms with van der Waals surface area (Å²) < 4.78 is 0. The highest BCUT2D eigenvalue weighted by Gasteiger charge is 2.40. The SMILES string of the molecule is Cc1ccc(Nc2ncc3c(n2)N(C)C(=O)N(c2cc(C(=O)NC(Cc4ccccc4)C(=O)N4CCC[C@@H]4C(=O)NC(C(=O)NC(C)c4ccccc4)C(C)C)ccc2C)C3)cn1. The number of aromatic nitrogens is 3. The molecule has 4 atom stereocenters. The van der Waals surface area contributed by atoms with Crippen molar-refractivity contribution in [3.05, 3.63) is 137 Å². The van der Waals surface area contributed by atoms with Crippen LogP contribution in [0.15, 0.2) is 103 Å². The molecule has 5 aromatic rings. The zero-order chi connectivity index (χ0) is 44.8. The van der Waals surface area contributed by atoms with Crippen molar-refractivity contribution in [1.82, 2.24) is 35.8 Å². The molecule has 326 valence electrons. The van der Waals surface area contributed by atoms with Gasteiger partial charge in [-0.15, -0.1) is 0 Å². The van der Waals surface area contributed by atoms with E-state index in [-0.39, 0.29) is 42.4 Å². The van der Waals surface area contributed by atoms with Crippen LogP contribution in [0.1, 0.15) is 78.0 Å². The Morgan fingerprint density at radius 2 is 1.57 bits per heavy atom. The minimum absolute atomic E-state index is 0.162. The van der Waals surface area contributed by atoms with Gasteiger partial charge in [0, 0.05) is 48.7 Å². The molecule has 15 nitrogen and oxygen atoms in total. The lowest BCUT2D eigenvalue weighted by Crippen LogP contribution is -2.57. The molecule has 1 saturated heterocycles. The first kappa shape index (κ1) is 43.9. The van der Waals surface area contributed by atoms with Crippen LogP contribution in [0.4, 0.5) is 27.9 Å². The Hall–Kier alpha value is -7.16. The van der Waals surface area contributed by atoms with Gasteiger partial charge in [-0.05, 0) is 80.5 Å². The van der Waals surface area contributed by atoms with Crippen molar-refractivity contribution in [3.63, 3.8) is 0 Å². The summed E-state index contributed by atoms with van der Waals surface area (Å²) in [6.45, 7) is 9.85. The van der Waals surface area contributed by atoms with Gasteiger partial charge >= 0.3 is 6.03 Å². The van der Waals surface area contributed by atoms with Crippen LogP contribution >= 0.6 is 0 Å². The number of carbonyl (C=O) groups is 5. The molecule has 0 spiro atoms. The molecule has 2 aromatic heterocycles. The smallest absolute Gasteiger partial charge is 0.330 e. The molecule has 6 amide bonds. The van der Waals surface area contributed by atoms with Gasteiger partial charge in [-0.1, -0.05) is 80.6 Å². The standard InChI is InChI=1S/C48H54N10O5/c1-29(2)41(45(61)51-32(5)34-16-11-8-12-17-34)54-44(60)39-18-13-23-57(39)46(62)38(24-33-14-9-7-10-15-33)53-43(59)35-21-19-30(3)40(25-35)58-28-36-26-50-47(55-42(36)56(6)48(58)63)52-37-22-20-31(4)49-27-37/h7-12,14-17,19-22,25-27,29,32,38-39,41H,13,18,23-24,28H2,1-6H3,(H,51,61)(H,53,59)(H,54,60)(H,50,52,55)/t32?,38?,39-,41?/m1/s1. The molecule has 15 heteroatoms. The van der Waals surface area contributed by atoms with Crippen molar-refractivity contribution in [1.29, 1.82) is 0 Å². The zero-order valence-corrected chi connectivity index (χ0v) is 36.5. The van der Waals surface area contributed by atoms with Gasteiger partial charge in [0.1, 0.15) is 23.9 Å². The number of urea groups is 1. The number of carbonyl (C=O) groups excluding carboxylic acids is 5. The van der Waals surface area contributed by atoms with E-state index in [2.05, 4.69) is 36.2 Å². The van der Waals surface area contributed by atoms with Crippen molar-refractivity contribution in [3.8, 4) is 0 Å². The average Bonchev–Trinajstić information content (AvgIpc) is 3.78. The highest BCUT2D eigenvalue weighted by molar-refractivity contribution is 6.07. The van der Waals surface area contributed by atoms with E-state index in [1.54, 1.807) is 42.5 Å². The molecule has 0 radical (unpaired) electrons. The topological polar surface area (TPSA) is 182 Å². The molecule has 2 aliphatic heterocycles. The van der Waals surface area contributed by atoms with Gasteiger partial charge in [-0.25, -0.2) is 9.78 Å². The number of amides is 6. The number of rotatable bonds is 14. The van der Waals surface area contributed by atoms with Gasteiger partial charge in [0.2, 0.25) is 23.7 Å². The second-order valence-electron chi connectivity index (χ2n) is 16.6. The molecule has 0 bridgehead atoms. The van der Waals surface area contributed by atoms with Gasteiger partial charge in [-0.2, -0.15) is 4.98 Å². The molecule has 2 aliphatic rings. The lowest BCUT2D eigenvalue weighted by Gasteiger charge is -2.35. The molecule has 4 N–H and O–H groups in total. The number of anilines is 4. The maximum absolute atomic E-state index is 14.6. The molecular formula is C48H54N10O5. The third-order valence-electron chi connectivity index (χ3n) is 11.6. The Balaban J connectivity index is 1.07. The highest BCUT2D eigenvalue weighted by atomic mass is 16.2. The number of nitrogens with zero attached hydrogens (tertiary/aromatic N) is 6. The van der Waals surface area contributed by atoms with Crippen LogP contribution in [-0.2, 0) is 27.3 Å². The fourth-order valence-electron chi connectivity index (χ4n) is 7.98. The Morgan fingerprint density at radius 3 is 2.27 bits per heavy atom. The summed E-state index contributed by atoms with van der Waals surface area (Å²) in [7, 11) is 1.64. The average molecular weight is 851 g/mol. The maximum atomic E-state index is 14.6. The minimum Gasteiger partial charge on any atom is -0.348 e. The number of aryl methyl sites for hydroxylation is 2. The molecule has 0 saturated carbocycles. The summed E-state index contributed by atoms with van der Waals surface area (Å²) in [6.07, 6.45) is 4.52. The Labute approximate surface area is 367 Å². The van der Waals surface area contributed by atoms with E-state index in [4.69, 9.17) is 0 Å². The van der Waals surface area contributed by atoms with Gasteiger partial charge in [-0.3, -0.25) is 34.0 Å². The van der Waals surface area contributed by atoms with E-state index in [9.17, 15) is 24.0 Å². The van der Waals surface area contributed by atoms with E-state index >= 15 is 0 Å². The number of fused-ring (bicyclic) bond motifs is 1. The largest absolute Gasteiger partial charge is 0.348 e. The number of pyridine rings is 1. The first-order chi connectivity index (χ1) is 30.3. The Kier molecular flexibility index (Phi) is 13.4. The molecule has 7 rings (SSSR count). The third-order valence-corrected chi connectivity index (χ3v) is 11.6. The van der Waals surface area contributed by atoms with Crippen LogP contribution in [0.25, 0.3) is 0 Å². The van der Waals surface area contributed by atoms with Gasteiger partial charge in [0.05, 0.1) is 24.5 Å². The lowest BCUT2D eigenvalue weighted by atomic mass is 10.0. The predicted octanol–water partition coefficient (Wildman–Crippen LogP) is 6.16. The molecular weight excluding hydrogens is 797 g/mol. The van der Waals surface area contributed by atoms with E-state index in [0.29, 0.717) is 48.1 Å². The first-order valence-electron chi connectivity index (χ1n) is 21.3. The zero-order valence-electron chi connectivity index (χ0n) is 36.5. The molecule has 0 aliphatic carbocycles. The predicted molar refractivity (Wildman–Crippen MR) is 241 cm³/mol. The summed E-state index contributed by atoms with van der Waals surface area (Å²) in [6, 6.07) is 24.4. The summed E-state index contributed by atoms with van der Waals surface area (Å²) in [4.78, 5) is 88.2. The number of likely N-dealkylation sites (tertiary alicyclic amines) is 1. The van der Waals surface area contributed by atoms with Crippen molar-refractivity contribution < 1.29 is 24.0 Å². The van der Waals surface area contributed by atoms with Crippen LogP contribution in [-0.4, -0.2) is 81.2 Å². The van der Waals surface area contributed by atoms with Crippen LogP contribution in [0.2, 0.25) is 0 Å². The van der Waals surface area contributed by atoms with Crippen molar-refractivity contribution in [2.24, 2.45) is 5.92 Å². The van der Waals surface area contributed by atoms with Gasteiger partial charge in [0.15, 0.2) is 0 Å². The van der Waals surface area contributed by atoms with Crippen molar-refractivity contribution in [2.45, 2.75) is 84.6 Å². The van der Waals surface area contributed by atoms with Crippen molar-refractivity contribution in [2.75, 3.05) is 28.7 Å². The summed E-state index contributed by atoms with van der Waals surface area (Å²) >= 11 is 0. The Morgan fingerprint density at radius 1 is 0.841 bits per heavy atom. The molecule has 3 aromatic carbocycles. The molecule has 1 fully saturated rings. The minimum atomic E-state index is -1.03. The highest BCUT2D eigenvalue weighted by Crippen LogP contribution is 2.33. The number of nitrogens with one attached hydrogen (secondary N) is 4. The van der Waals surface area contributed by atoms with Crippen molar-refractivity contribution >= 4 is 52.8 Å². The van der Waals surface area contributed by atoms with Gasteiger partial charge in [0.25, 0.3) is 5.91 Å². The van der Waals surface area contributed by atoms with E-state index in [1.165, 1.54) is 9.80 Å². The number of hydrogen-bond donors (Lipinski definition) is 4. The van der Waals surface area contributed by atoms with Crippen LogP contribution < -0.4 is 31.1 Å². The molecule has 3 unspecified atom stereocenters. The second kappa shape index (κ2) is 19.3. The van der Waals surface area contributed by atoms with E-state index in [0.717, 1.165) is 22.4 Å². The van der Waals surface area contributed by atoms with Crippen LogP contribution in [0, 0.1) is 19.8 Å². The summed E-state index contributed by atoms with van der Waals surface area (Å²) in [5.74, 6) is -1.11. The fourth-order valence-corrected chi connectivity index (χ4v) is 7.98. The fraction of sp³-hybridized carbons (Fsp3) is 0.333. The number of hydrogen-bond acceptors (Lipinski definition) is 9. The van der Waals surface area contributed by atoms with Crippen LogP contribution in [0.5, 0.6) is 0 Å². The second-order valence-corrected chi connectivity index (χ2v) is 16.6. The van der Waals surface area contributed by atoms with Gasteiger partial charge < -0.3 is 26.2 Å². The monoisotopic (exact) mass is 850 g/mol. The third kappa shape index (κ3) is 10.1. The maximum Gasteiger partial charge on any atom is 0.330 e. The lowest BCUT2D eigenvalue weighted by molar-refractivity contribution is -0.141. The molecule has 4 heterocycles. The summed E-state index contributed by atoms with van der Waals surface area (Å²) in [5.41, 5.74) is 5.57. The number of benzene rings is 3. The van der Waals surface area contributed by atoms with E-state index < -0.39 is 35.8 Å². The molecule has 63 heavy (non-hydrogen) atoms. The Bertz CT molecular complexity index is 2470. The summed E-state index contributed by atoms with van der Waals surface area (Å²) in [5, 5.41) is 12.1. The quantitative estimate of drug-likeness (QED) is 0.102. The van der Waals surface area contributed by atoms with E-state index in [1.807, 2.05) is 107 Å². The first-order valence-corrected chi connectivity index (χ1v) is 21.3.